The van der Waals surface area contributed by atoms with Gasteiger partial charge in [0.1, 0.15) is 5.82 Å². The van der Waals surface area contributed by atoms with Crippen LogP contribution in [0.1, 0.15) is 6.42 Å². The minimum atomic E-state index is -0.000801. The lowest BCUT2D eigenvalue weighted by Gasteiger charge is -2.20. The van der Waals surface area contributed by atoms with Crippen molar-refractivity contribution in [2.45, 2.75) is 6.42 Å². The number of anilines is 1. The van der Waals surface area contributed by atoms with E-state index in [9.17, 15) is 4.79 Å². The van der Waals surface area contributed by atoms with Crippen LogP contribution in [0, 0.1) is 0 Å². The number of nitrogens with one attached hydrogen (secondary N) is 1. The number of hydrogen-bond acceptors (Lipinski definition) is 4. The summed E-state index contributed by atoms with van der Waals surface area (Å²) in [6.07, 6.45) is 2.48. The normalized spacial score (nSPS) is 16.9. The molecule has 0 atom stereocenters. The van der Waals surface area contributed by atoms with Crippen molar-refractivity contribution < 1.29 is 4.79 Å². The molecule has 0 radical (unpaired) electrons. The highest BCUT2D eigenvalue weighted by Gasteiger charge is 2.18. The van der Waals surface area contributed by atoms with Gasteiger partial charge in [-0.15, -0.1) is 0 Å². The highest BCUT2D eigenvalue weighted by atomic mass is 79.9. The second-order valence-electron chi connectivity index (χ2n) is 3.44. The molecule has 2 rings (SSSR count). The van der Waals surface area contributed by atoms with Gasteiger partial charge in [0.2, 0.25) is 11.2 Å². The fourth-order valence-corrected chi connectivity index (χ4v) is 2.12. The van der Waals surface area contributed by atoms with Gasteiger partial charge in [0.05, 0.1) is 11.0 Å². The third-order valence-electron chi connectivity index (χ3n) is 2.26. The van der Waals surface area contributed by atoms with Crippen molar-refractivity contribution in [2.24, 2.45) is 0 Å². The number of rotatable bonds is 1. The Labute approximate surface area is 106 Å². The molecule has 16 heavy (non-hydrogen) atoms. The number of halogens is 2. The van der Waals surface area contributed by atoms with Crippen LogP contribution in [0.4, 0.5) is 5.82 Å². The average molecular weight is 306 g/mol. The summed E-state index contributed by atoms with van der Waals surface area (Å²) in [4.78, 5) is 21.3. The molecule has 1 amide bonds. The van der Waals surface area contributed by atoms with Gasteiger partial charge in [-0.2, -0.15) is 4.98 Å². The lowest BCUT2D eigenvalue weighted by molar-refractivity contribution is -0.119. The molecule has 5 nitrogen and oxygen atoms in total. The van der Waals surface area contributed by atoms with E-state index in [1.54, 1.807) is 6.20 Å². The van der Waals surface area contributed by atoms with E-state index < -0.39 is 0 Å². The van der Waals surface area contributed by atoms with Crippen molar-refractivity contribution in [3.05, 3.63) is 16.0 Å². The highest BCUT2D eigenvalue weighted by Crippen LogP contribution is 2.24. The maximum Gasteiger partial charge on any atom is 0.239 e. The van der Waals surface area contributed by atoms with Crippen LogP contribution in [-0.2, 0) is 4.79 Å². The second-order valence-corrected chi connectivity index (χ2v) is 4.63. The first kappa shape index (κ1) is 11.6. The average Bonchev–Trinajstić information content (AvgIpc) is 2.46. The number of carbonyl (C=O) groups excluding carboxylic acids is 1. The van der Waals surface area contributed by atoms with Crippen molar-refractivity contribution in [3.63, 3.8) is 0 Å². The molecule has 1 aromatic heterocycles. The van der Waals surface area contributed by atoms with Crippen molar-refractivity contribution in [1.82, 2.24) is 15.3 Å². The molecular formula is C9H10BrClN4O. The molecule has 0 aromatic carbocycles. The second kappa shape index (κ2) is 4.97. The number of hydrogen-bond donors (Lipinski definition) is 1. The van der Waals surface area contributed by atoms with Gasteiger partial charge >= 0.3 is 0 Å². The van der Waals surface area contributed by atoms with Crippen LogP contribution >= 0.6 is 27.5 Å². The standard InChI is InChI=1S/C9H10BrClN4O/c10-6-4-13-9(11)14-8(6)15-3-1-2-12-7(16)5-15/h4H,1-3,5H2,(H,12,16). The third-order valence-corrected chi connectivity index (χ3v) is 3.00. The molecule has 2 heterocycles. The van der Waals surface area contributed by atoms with Gasteiger partial charge in [-0.25, -0.2) is 4.98 Å². The van der Waals surface area contributed by atoms with E-state index in [0.717, 1.165) is 17.4 Å². The summed E-state index contributed by atoms with van der Waals surface area (Å²) in [5, 5.41) is 2.99. The topological polar surface area (TPSA) is 58.1 Å². The van der Waals surface area contributed by atoms with E-state index in [1.807, 2.05) is 4.90 Å². The zero-order chi connectivity index (χ0) is 11.5. The minimum Gasteiger partial charge on any atom is -0.354 e. The van der Waals surface area contributed by atoms with E-state index >= 15 is 0 Å². The molecule has 1 aliphatic heterocycles. The molecule has 1 saturated heterocycles. The van der Waals surface area contributed by atoms with Gasteiger partial charge in [0, 0.05) is 19.3 Å². The summed E-state index contributed by atoms with van der Waals surface area (Å²) in [6, 6.07) is 0. The Bertz CT molecular complexity index is 414. The molecule has 86 valence electrons. The predicted molar refractivity (Wildman–Crippen MR) is 64.6 cm³/mol. The van der Waals surface area contributed by atoms with E-state index in [0.29, 0.717) is 18.9 Å². The first-order chi connectivity index (χ1) is 7.66. The van der Waals surface area contributed by atoms with Crippen LogP contribution < -0.4 is 10.2 Å². The molecule has 0 saturated carbocycles. The Hall–Kier alpha value is -0.880. The molecule has 1 N–H and O–H groups in total. The first-order valence-corrected chi connectivity index (χ1v) is 6.03. The zero-order valence-corrected chi connectivity index (χ0v) is 10.8. The van der Waals surface area contributed by atoms with Crippen LogP contribution in [0.2, 0.25) is 5.28 Å². The smallest absolute Gasteiger partial charge is 0.239 e. The van der Waals surface area contributed by atoms with Crippen LogP contribution in [0.15, 0.2) is 10.7 Å². The third kappa shape index (κ3) is 2.62. The van der Waals surface area contributed by atoms with Crippen LogP contribution in [0.5, 0.6) is 0 Å². The molecule has 0 spiro atoms. The lowest BCUT2D eigenvalue weighted by Crippen LogP contribution is -2.33. The first-order valence-electron chi connectivity index (χ1n) is 4.86. The van der Waals surface area contributed by atoms with Crippen molar-refractivity contribution >= 4 is 39.3 Å². The van der Waals surface area contributed by atoms with Crippen molar-refractivity contribution in [1.29, 1.82) is 0 Å². The lowest BCUT2D eigenvalue weighted by atomic mass is 10.4. The molecule has 0 unspecified atom stereocenters. The summed E-state index contributed by atoms with van der Waals surface area (Å²) >= 11 is 9.10. The summed E-state index contributed by atoms with van der Waals surface area (Å²) in [6.45, 7) is 1.77. The molecule has 1 aliphatic rings. The van der Waals surface area contributed by atoms with Gasteiger partial charge in [-0.05, 0) is 34.0 Å². The fourth-order valence-electron chi connectivity index (χ4n) is 1.55. The van der Waals surface area contributed by atoms with Gasteiger partial charge < -0.3 is 10.2 Å². The van der Waals surface area contributed by atoms with E-state index in [4.69, 9.17) is 11.6 Å². The Morgan fingerprint density at radius 3 is 3.19 bits per heavy atom. The maximum atomic E-state index is 11.4. The maximum absolute atomic E-state index is 11.4. The summed E-state index contributed by atoms with van der Waals surface area (Å²) < 4.78 is 0.742. The summed E-state index contributed by atoms with van der Waals surface area (Å²) in [5.74, 6) is 0.663. The van der Waals surface area contributed by atoms with Crippen molar-refractivity contribution in [3.8, 4) is 0 Å². The Morgan fingerprint density at radius 1 is 1.56 bits per heavy atom. The van der Waals surface area contributed by atoms with Crippen molar-refractivity contribution in [2.75, 3.05) is 24.5 Å². The molecule has 1 aromatic rings. The van der Waals surface area contributed by atoms with Crippen LogP contribution in [0.3, 0.4) is 0 Å². The zero-order valence-electron chi connectivity index (χ0n) is 8.41. The number of aromatic nitrogens is 2. The quantitative estimate of drug-likeness (QED) is 0.793. The summed E-state index contributed by atoms with van der Waals surface area (Å²) in [7, 11) is 0. The SMILES string of the molecule is O=C1CN(c2nc(Cl)ncc2Br)CCCN1. The Kier molecular flexibility index (Phi) is 3.60. The van der Waals surface area contributed by atoms with Gasteiger partial charge in [0.25, 0.3) is 0 Å². The van der Waals surface area contributed by atoms with Gasteiger partial charge in [-0.1, -0.05) is 0 Å². The van der Waals surface area contributed by atoms with Gasteiger partial charge in [0.15, 0.2) is 0 Å². The Balaban J connectivity index is 2.27. The monoisotopic (exact) mass is 304 g/mol. The van der Waals surface area contributed by atoms with E-state index in [1.165, 1.54) is 0 Å². The van der Waals surface area contributed by atoms with Gasteiger partial charge in [-0.3, -0.25) is 4.79 Å². The summed E-state index contributed by atoms with van der Waals surface area (Å²) in [5.41, 5.74) is 0. The minimum absolute atomic E-state index is 0.000801. The van der Waals surface area contributed by atoms with E-state index in [2.05, 4.69) is 31.2 Å². The van der Waals surface area contributed by atoms with Crippen LogP contribution in [-0.4, -0.2) is 35.5 Å². The number of nitrogens with zero attached hydrogens (tertiary/aromatic N) is 3. The Morgan fingerprint density at radius 2 is 2.38 bits per heavy atom. The van der Waals surface area contributed by atoms with Crippen LogP contribution in [0.25, 0.3) is 0 Å². The largest absolute Gasteiger partial charge is 0.354 e. The predicted octanol–water partition coefficient (Wildman–Crippen LogP) is 1.22. The molecular weight excluding hydrogens is 295 g/mol. The molecule has 7 heteroatoms. The number of amides is 1. The molecule has 1 fully saturated rings. The number of carbonyl (C=O) groups is 1. The molecule has 0 bridgehead atoms. The fraction of sp³-hybridized carbons (Fsp3) is 0.444. The highest BCUT2D eigenvalue weighted by molar-refractivity contribution is 9.10. The molecule has 0 aliphatic carbocycles. The van der Waals surface area contributed by atoms with E-state index in [-0.39, 0.29) is 11.2 Å².